The summed E-state index contributed by atoms with van der Waals surface area (Å²) in [6.07, 6.45) is 3.28. The van der Waals surface area contributed by atoms with Crippen LogP contribution in [0.5, 0.6) is 5.75 Å². The Kier molecular flexibility index (Phi) is 2.90. The number of halogens is 1. The Morgan fingerprint density at radius 3 is 2.80 bits per heavy atom. The lowest BCUT2D eigenvalue weighted by Crippen LogP contribution is -1.99. The molecule has 0 radical (unpaired) electrons. The summed E-state index contributed by atoms with van der Waals surface area (Å²) in [6, 6.07) is 6.01. The first-order chi connectivity index (χ1) is 9.70. The van der Waals surface area contributed by atoms with E-state index in [0.717, 1.165) is 10.8 Å². The van der Waals surface area contributed by atoms with E-state index < -0.39 is 0 Å². The van der Waals surface area contributed by atoms with Gasteiger partial charge in [-0.3, -0.25) is 4.98 Å². The van der Waals surface area contributed by atoms with Crippen LogP contribution in [-0.2, 0) is 0 Å². The molecule has 0 aliphatic carbocycles. The average molecular weight is 270 g/mol. The number of anilines is 1. The van der Waals surface area contributed by atoms with Gasteiger partial charge in [0.05, 0.1) is 7.11 Å². The minimum absolute atomic E-state index is 0.326. The average Bonchev–Trinajstić information content (AvgIpc) is 2.48. The van der Waals surface area contributed by atoms with Crippen molar-refractivity contribution >= 4 is 16.6 Å². The van der Waals surface area contributed by atoms with E-state index in [0.29, 0.717) is 22.8 Å². The van der Waals surface area contributed by atoms with Crippen molar-refractivity contribution in [3.8, 4) is 17.0 Å². The van der Waals surface area contributed by atoms with Crippen molar-refractivity contribution in [2.24, 2.45) is 0 Å². The molecule has 0 saturated carbocycles. The van der Waals surface area contributed by atoms with Crippen LogP contribution in [-0.4, -0.2) is 22.3 Å². The number of ether oxygens (including phenoxy) is 1. The standard InChI is InChI=1S/C14H11FN4O/c1-20-12-6-8(15)2-3-10(12)13-11-7-17-5-4-9(11)14(16)19-18-13/h2-7H,1H3,(H2,16,19). The molecule has 0 aliphatic rings. The Hall–Kier alpha value is -2.76. The van der Waals surface area contributed by atoms with E-state index in [1.165, 1.54) is 19.2 Å². The Morgan fingerprint density at radius 2 is 2.00 bits per heavy atom. The van der Waals surface area contributed by atoms with Crippen molar-refractivity contribution in [3.63, 3.8) is 0 Å². The molecule has 2 aromatic heterocycles. The van der Waals surface area contributed by atoms with Crippen molar-refractivity contribution in [2.45, 2.75) is 0 Å². The van der Waals surface area contributed by atoms with Crippen molar-refractivity contribution in [1.29, 1.82) is 0 Å². The molecule has 5 nitrogen and oxygen atoms in total. The number of pyridine rings is 1. The number of benzene rings is 1. The summed E-state index contributed by atoms with van der Waals surface area (Å²) in [4.78, 5) is 4.07. The molecule has 0 aliphatic heterocycles. The Bertz CT molecular complexity index is 791. The van der Waals surface area contributed by atoms with E-state index in [4.69, 9.17) is 10.5 Å². The summed E-state index contributed by atoms with van der Waals surface area (Å²) in [5.74, 6) is 0.331. The highest BCUT2D eigenvalue weighted by atomic mass is 19.1. The van der Waals surface area contributed by atoms with Gasteiger partial charge in [-0.25, -0.2) is 4.39 Å². The zero-order chi connectivity index (χ0) is 14.1. The third kappa shape index (κ3) is 1.91. The van der Waals surface area contributed by atoms with E-state index in [-0.39, 0.29) is 5.82 Å². The van der Waals surface area contributed by atoms with Crippen LogP contribution in [0.15, 0.2) is 36.7 Å². The molecule has 0 atom stereocenters. The molecule has 2 heterocycles. The van der Waals surface area contributed by atoms with Gasteiger partial charge in [0.25, 0.3) is 0 Å². The molecule has 0 spiro atoms. The maximum absolute atomic E-state index is 13.3. The van der Waals surface area contributed by atoms with Gasteiger partial charge in [-0.15, -0.1) is 10.2 Å². The first kappa shape index (κ1) is 12.3. The van der Waals surface area contributed by atoms with E-state index in [2.05, 4.69) is 15.2 Å². The normalized spacial score (nSPS) is 10.7. The maximum Gasteiger partial charge on any atom is 0.154 e. The number of nitrogens with two attached hydrogens (primary N) is 1. The molecule has 3 rings (SSSR count). The molecule has 6 heteroatoms. The highest BCUT2D eigenvalue weighted by molar-refractivity contribution is 5.99. The van der Waals surface area contributed by atoms with Crippen LogP contribution in [0.4, 0.5) is 10.2 Å². The number of rotatable bonds is 2. The van der Waals surface area contributed by atoms with E-state index in [1.54, 1.807) is 24.5 Å². The van der Waals surface area contributed by atoms with Gasteiger partial charge in [-0.1, -0.05) is 0 Å². The summed E-state index contributed by atoms with van der Waals surface area (Å²) in [5.41, 5.74) is 7.00. The fraction of sp³-hybridized carbons (Fsp3) is 0.0714. The van der Waals surface area contributed by atoms with Crippen LogP contribution in [0.3, 0.4) is 0 Å². The number of nitrogen functional groups attached to an aromatic ring is 1. The number of hydrogen-bond donors (Lipinski definition) is 1. The Balaban J connectivity index is 2.33. The molecule has 0 bridgehead atoms. The van der Waals surface area contributed by atoms with Crippen molar-refractivity contribution in [3.05, 3.63) is 42.5 Å². The van der Waals surface area contributed by atoms with Crippen LogP contribution in [0.1, 0.15) is 0 Å². The third-order valence-corrected chi connectivity index (χ3v) is 3.03. The highest BCUT2D eigenvalue weighted by Gasteiger charge is 2.14. The Morgan fingerprint density at radius 1 is 1.15 bits per heavy atom. The van der Waals surface area contributed by atoms with Gasteiger partial charge in [0, 0.05) is 34.8 Å². The molecule has 3 aromatic rings. The molecule has 2 N–H and O–H groups in total. The lowest BCUT2D eigenvalue weighted by atomic mass is 10.1. The van der Waals surface area contributed by atoms with E-state index >= 15 is 0 Å². The predicted octanol–water partition coefficient (Wildman–Crippen LogP) is 2.42. The van der Waals surface area contributed by atoms with Crippen LogP contribution in [0.2, 0.25) is 0 Å². The minimum atomic E-state index is -0.378. The third-order valence-electron chi connectivity index (χ3n) is 3.03. The van der Waals surface area contributed by atoms with Crippen molar-refractivity contribution in [1.82, 2.24) is 15.2 Å². The van der Waals surface area contributed by atoms with Gasteiger partial charge < -0.3 is 10.5 Å². The fourth-order valence-corrected chi connectivity index (χ4v) is 2.08. The number of nitrogens with zero attached hydrogens (tertiary/aromatic N) is 3. The second-order valence-electron chi connectivity index (χ2n) is 4.20. The van der Waals surface area contributed by atoms with Crippen LogP contribution in [0.25, 0.3) is 22.0 Å². The Labute approximate surface area is 114 Å². The summed E-state index contributed by atoms with van der Waals surface area (Å²) < 4.78 is 18.5. The number of hydrogen-bond acceptors (Lipinski definition) is 5. The quantitative estimate of drug-likeness (QED) is 0.774. The number of fused-ring (bicyclic) bond motifs is 1. The largest absolute Gasteiger partial charge is 0.496 e. The first-order valence-corrected chi connectivity index (χ1v) is 5.90. The fourth-order valence-electron chi connectivity index (χ4n) is 2.08. The molecule has 20 heavy (non-hydrogen) atoms. The summed E-state index contributed by atoms with van der Waals surface area (Å²) >= 11 is 0. The minimum Gasteiger partial charge on any atom is -0.496 e. The zero-order valence-corrected chi connectivity index (χ0v) is 10.7. The lowest BCUT2D eigenvalue weighted by Gasteiger charge is -2.10. The second kappa shape index (κ2) is 4.73. The molecule has 100 valence electrons. The van der Waals surface area contributed by atoms with Gasteiger partial charge in [-0.05, 0) is 18.2 Å². The van der Waals surface area contributed by atoms with E-state index in [1.807, 2.05) is 0 Å². The maximum atomic E-state index is 13.3. The molecule has 1 aromatic carbocycles. The van der Waals surface area contributed by atoms with Crippen LogP contribution < -0.4 is 10.5 Å². The summed E-state index contributed by atoms with van der Waals surface area (Å²) in [7, 11) is 1.48. The monoisotopic (exact) mass is 270 g/mol. The van der Waals surface area contributed by atoms with E-state index in [9.17, 15) is 4.39 Å². The van der Waals surface area contributed by atoms with Crippen LogP contribution in [0, 0.1) is 5.82 Å². The lowest BCUT2D eigenvalue weighted by molar-refractivity contribution is 0.413. The van der Waals surface area contributed by atoms with Gasteiger partial charge in [0.2, 0.25) is 0 Å². The van der Waals surface area contributed by atoms with Crippen molar-refractivity contribution < 1.29 is 9.13 Å². The van der Waals surface area contributed by atoms with Crippen molar-refractivity contribution in [2.75, 3.05) is 12.8 Å². The predicted molar refractivity (Wildman–Crippen MR) is 73.7 cm³/mol. The summed E-state index contributed by atoms with van der Waals surface area (Å²) in [5, 5.41) is 9.52. The molecular weight excluding hydrogens is 259 g/mol. The van der Waals surface area contributed by atoms with Crippen LogP contribution >= 0.6 is 0 Å². The van der Waals surface area contributed by atoms with Gasteiger partial charge in [-0.2, -0.15) is 0 Å². The topological polar surface area (TPSA) is 73.9 Å². The highest BCUT2D eigenvalue weighted by Crippen LogP contribution is 2.34. The SMILES string of the molecule is COc1cc(F)ccc1-c1nnc(N)c2ccncc12. The van der Waals surface area contributed by atoms with Gasteiger partial charge in [0.15, 0.2) is 5.82 Å². The zero-order valence-electron chi connectivity index (χ0n) is 10.7. The molecule has 0 saturated heterocycles. The molecule has 0 amide bonds. The second-order valence-corrected chi connectivity index (χ2v) is 4.20. The molecule has 0 fully saturated rings. The van der Waals surface area contributed by atoms with Gasteiger partial charge >= 0.3 is 0 Å². The first-order valence-electron chi connectivity index (χ1n) is 5.90. The van der Waals surface area contributed by atoms with Gasteiger partial charge in [0.1, 0.15) is 17.3 Å². The summed E-state index contributed by atoms with van der Waals surface area (Å²) in [6.45, 7) is 0. The molecule has 0 unspecified atom stereocenters. The number of aromatic nitrogens is 3. The number of methoxy groups -OCH3 is 1. The smallest absolute Gasteiger partial charge is 0.154 e. The molecular formula is C14H11FN4O.